The fourth-order valence-corrected chi connectivity index (χ4v) is 2.86. The molecule has 0 aliphatic heterocycles. The number of rotatable bonds is 3. The average molecular weight is 757 g/mol. The summed E-state index contributed by atoms with van der Waals surface area (Å²) in [7, 11) is 0. The number of allylic oxidation sites excluding steroid dienone is 2. The number of halogens is 4. The molecule has 0 aliphatic rings. The van der Waals surface area contributed by atoms with Gasteiger partial charge in [0.05, 0.1) is 0 Å². The van der Waals surface area contributed by atoms with Crippen LogP contribution in [0.5, 0.6) is 0 Å². The molecule has 0 spiro atoms. The summed E-state index contributed by atoms with van der Waals surface area (Å²) in [6.07, 6.45) is 4.43. The number of pyridine rings is 2. The van der Waals surface area contributed by atoms with Crippen molar-refractivity contribution >= 4 is 5.78 Å². The molecule has 4 aromatic rings. The van der Waals surface area contributed by atoms with Crippen molar-refractivity contribution in [3.63, 3.8) is 0 Å². The number of ketones is 1. The summed E-state index contributed by atoms with van der Waals surface area (Å²) in [4.78, 5) is 19.4. The Morgan fingerprint density at radius 2 is 1.14 bits per heavy atom. The maximum Gasteiger partial charge on any atom is 0.164 e. The predicted octanol–water partition coefficient (Wildman–Crippen LogP) is 8.74. The molecule has 4 rings (SSSR count). The van der Waals surface area contributed by atoms with Crippen molar-refractivity contribution in [1.82, 2.24) is 9.97 Å². The van der Waals surface area contributed by atoms with Crippen molar-refractivity contribution in [2.45, 2.75) is 41.5 Å². The maximum absolute atomic E-state index is 13.2. The van der Waals surface area contributed by atoms with Crippen LogP contribution in [0.4, 0.5) is 17.6 Å². The van der Waals surface area contributed by atoms with E-state index in [1.165, 1.54) is 6.08 Å². The van der Waals surface area contributed by atoms with Crippen LogP contribution in [-0.2, 0) is 24.9 Å². The Morgan fingerprint density at radius 1 is 0.738 bits per heavy atom. The molecule has 2 aromatic heterocycles. The first-order valence-electron chi connectivity index (χ1n) is 12.6. The van der Waals surface area contributed by atoms with Crippen LogP contribution in [0.15, 0.2) is 84.9 Å². The molecule has 225 valence electrons. The van der Waals surface area contributed by atoms with Gasteiger partial charge in [-0.15, -0.1) is 24.3 Å². The number of aromatic nitrogens is 2. The Labute approximate surface area is 257 Å². The van der Waals surface area contributed by atoms with E-state index in [9.17, 15) is 27.5 Å². The summed E-state index contributed by atoms with van der Waals surface area (Å²) in [5.74, 6) is -2.47. The third kappa shape index (κ3) is 11.7. The van der Waals surface area contributed by atoms with Gasteiger partial charge in [-0.25, -0.2) is 0 Å². The number of carbonyl (C=O) groups excluding carboxylic acids is 1. The largest absolute Gasteiger partial charge is 0.512 e. The van der Waals surface area contributed by atoms with Crippen LogP contribution in [0.25, 0.3) is 22.5 Å². The van der Waals surface area contributed by atoms with Gasteiger partial charge in [0, 0.05) is 72.7 Å². The molecule has 42 heavy (non-hydrogen) atoms. The van der Waals surface area contributed by atoms with Gasteiger partial charge in [-0.3, -0.25) is 22.4 Å². The average Bonchev–Trinajstić information content (AvgIpc) is 2.89. The molecular formula is C33H32F4IrN2O2-2. The van der Waals surface area contributed by atoms with Gasteiger partial charge in [0.15, 0.2) is 5.78 Å². The minimum absolute atomic E-state index is 0. The molecule has 0 fully saturated rings. The molecular weight excluding hydrogens is 725 g/mol. The van der Waals surface area contributed by atoms with E-state index < -0.39 is 28.7 Å². The smallest absolute Gasteiger partial charge is 0.164 e. The van der Waals surface area contributed by atoms with E-state index in [4.69, 9.17) is 0 Å². The van der Waals surface area contributed by atoms with Crippen LogP contribution < -0.4 is 0 Å². The van der Waals surface area contributed by atoms with E-state index in [2.05, 4.69) is 22.1 Å². The second kappa shape index (κ2) is 16.1. The summed E-state index contributed by atoms with van der Waals surface area (Å²) in [6, 6.07) is 19.1. The van der Waals surface area contributed by atoms with Crippen LogP contribution in [0.1, 0.15) is 41.5 Å². The van der Waals surface area contributed by atoms with Crippen molar-refractivity contribution in [3.8, 4) is 22.5 Å². The van der Waals surface area contributed by atoms with Crippen LogP contribution >= 0.6 is 0 Å². The quantitative estimate of drug-likeness (QED) is 0.0984. The van der Waals surface area contributed by atoms with Gasteiger partial charge in [-0.2, -0.15) is 0 Å². The van der Waals surface area contributed by atoms with Gasteiger partial charge in [-0.1, -0.05) is 89.1 Å². The fraction of sp³-hybridized carbons (Fsp3) is 0.242. The monoisotopic (exact) mass is 757 g/mol. The zero-order valence-electron chi connectivity index (χ0n) is 24.1. The van der Waals surface area contributed by atoms with Crippen LogP contribution in [0, 0.1) is 46.2 Å². The minimum atomic E-state index is -0.649. The van der Waals surface area contributed by atoms with Gasteiger partial charge in [-0.05, 0) is 23.5 Å². The summed E-state index contributed by atoms with van der Waals surface area (Å²) in [5, 5.41) is 9.56. The number of aliphatic hydroxyl groups is 1. The number of carbonyl (C=O) groups is 1. The fourth-order valence-electron chi connectivity index (χ4n) is 2.86. The Bertz CT molecular complexity index is 1380. The van der Waals surface area contributed by atoms with E-state index in [1.807, 2.05) is 41.5 Å². The van der Waals surface area contributed by atoms with E-state index in [-0.39, 0.29) is 48.2 Å². The van der Waals surface area contributed by atoms with Gasteiger partial charge in [0.1, 0.15) is 5.76 Å². The van der Waals surface area contributed by atoms with E-state index >= 15 is 0 Å². The molecule has 0 saturated carbocycles. The molecule has 9 heteroatoms. The van der Waals surface area contributed by atoms with Crippen molar-refractivity contribution in [3.05, 3.63) is 120 Å². The van der Waals surface area contributed by atoms with Crippen LogP contribution in [-0.4, -0.2) is 20.9 Å². The second-order valence-corrected chi connectivity index (χ2v) is 10.9. The van der Waals surface area contributed by atoms with Crippen molar-refractivity contribution < 1.29 is 47.6 Å². The Kier molecular flexibility index (Phi) is 13.9. The van der Waals surface area contributed by atoms with Gasteiger partial charge in [0.2, 0.25) is 0 Å². The number of hydrogen-bond donors (Lipinski definition) is 1. The summed E-state index contributed by atoms with van der Waals surface area (Å²) in [5.41, 5.74) is 0.508. The van der Waals surface area contributed by atoms with Gasteiger partial charge in [0.25, 0.3) is 0 Å². The minimum Gasteiger partial charge on any atom is -0.512 e. The predicted molar refractivity (Wildman–Crippen MR) is 151 cm³/mol. The molecule has 2 aromatic carbocycles. The van der Waals surface area contributed by atoms with Crippen molar-refractivity contribution in [2.75, 3.05) is 0 Å². The summed E-state index contributed by atoms with van der Waals surface area (Å²) in [6.45, 7) is 11.1. The van der Waals surface area contributed by atoms with Crippen molar-refractivity contribution in [1.29, 1.82) is 0 Å². The Morgan fingerprint density at radius 3 is 1.43 bits per heavy atom. The summed E-state index contributed by atoms with van der Waals surface area (Å²) >= 11 is 0. The first kappa shape index (κ1) is 36.3. The molecule has 0 atom stereocenters. The Hall–Kier alpha value is -3.68. The molecule has 1 radical (unpaired) electrons. The van der Waals surface area contributed by atoms with Gasteiger partial charge < -0.3 is 15.1 Å². The third-order valence-corrected chi connectivity index (χ3v) is 5.33. The van der Waals surface area contributed by atoms with E-state index in [0.717, 1.165) is 24.3 Å². The number of nitrogens with zero attached hydrogens (tertiary/aromatic N) is 2. The first-order chi connectivity index (χ1) is 19.1. The zero-order valence-corrected chi connectivity index (χ0v) is 26.5. The van der Waals surface area contributed by atoms with E-state index in [1.54, 1.807) is 48.8 Å². The van der Waals surface area contributed by atoms with E-state index in [0.29, 0.717) is 11.4 Å². The third-order valence-electron chi connectivity index (χ3n) is 5.33. The maximum atomic E-state index is 13.2. The molecule has 0 bridgehead atoms. The van der Waals surface area contributed by atoms with Gasteiger partial charge >= 0.3 is 0 Å². The molecule has 0 unspecified atom stereocenters. The van der Waals surface area contributed by atoms with Crippen molar-refractivity contribution in [2.24, 2.45) is 10.8 Å². The molecule has 4 nitrogen and oxygen atoms in total. The molecule has 0 aliphatic carbocycles. The molecule has 1 N–H and O–H groups in total. The molecule has 0 amide bonds. The standard InChI is InChI=1S/2C11H6F2N.C11H20O2.Ir/c2*12-8-4-5-9(10(13)7-8)11-3-1-2-6-14-11;1-10(2,3)8(12)7-9(13)11(4,5)6;/h2*1-4,6-7H;7,12H,1-6H3;/q2*-1;;/b;;8-7-;. The number of aliphatic hydroxyl groups excluding tert-OH is 1. The zero-order chi connectivity index (χ0) is 30.8. The summed E-state index contributed by atoms with van der Waals surface area (Å²) < 4.78 is 51.6. The topological polar surface area (TPSA) is 63.1 Å². The molecule has 2 heterocycles. The second-order valence-electron chi connectivity index (χ2n) is 10.9. The van der Waals surface area contributed by atoms with Crippen LogP contribution in [0.3, 0.4) is 0 Å². The normalized spacial score (nSPS) is 11.2. The number of benzene rings is 2. The first-order valence-corrected chi connectivity index (χ1v) is 12.6. The molecule has 0 saturated heterocycles. The Balaban J connectivity index is 0.000000312. The number of hydrogen-bond acceptors (Lipinski definition) is 4. The van der Waals surface area contributed by atoms with Crippen LogP contribution in [0.2, 0.25) is 0 Å². The SMILES string of the molecule is CC(C)(C)C(=O)/C=C(\O)C(C)(C)C.Fc1c[c-]c(-c2ccccn2)c(F)c1.Fc1c[c-]c(-c2ccccn2)c(F)c1.[Ir].